The Morgan fingerprint density at radius 3 is 2.59 bits per heavy atom. The van der Waals surface area contributed by atoms with E-state index in [1.807, 2.05) is 19.1 Å². The van der Waals surface area contributed by atoms with Crippen LogP contribution in [-0.4, -0.2) is 23.6 Å². The first-order chi connectivity index (χ1) is 10.4. The van der Waals surface area contributed by atoms with Crippen LogP contribution in [0.15, 0.2) is 31.0 Å². The van der Waals surface area contributed by atoms with E-state index in [4.69, 9.17) is 4.74 Å². The van der Waals surface area contributed by atoms with Gasteiger partial charge in [0.2, 0.25) is 5.91 Å². The number of halogens is 2. The molecule has 2 rings (SSSR count). The van der Waals surface area contributed by atoms with E-state index in [2.05, 4.69) is 42.2 Å². The number of carbonyl (C=O) groups excluding carboxylic acids is 2. The van der Waals surface area contributed by atoms with Gasteiger partial charge in [-0.05, 0) is 74.3 Å². The van der Waals surface area contributed by atoms with Gasteiger partial charge in [-0.1, -0.05) is 0 Å². The summed E-state index contributed by atoms with van der Waals surface area (Å²) in [4.78, 5) is 27.1. The number of nitrogens with one attached hydrogen (secondary N) is 1. The maximum atomic E-state index is 11.8. The first kappa shape index (κ1) is 17.2. The molecule has 0 spiro atoms. The van der Waals surface area contributed by atoms with Crippen molar-refractivity contribution in [2.75, 3.05) is 6.61 Å². The molecule has 8 heteroatoms. The molecule has 0 unspecified atom stereocenters. The molecular formula is C14H12Br2N2O3S. The van der Waals surface area contributed by atoms with Crippen LogP contribution in [0.2, 0.25) is 0 Å². The van der Waals surface area contributed by atoms with E-state index in [9.17, 15) is 9.59 Å². The lowest BCUT2D eigenvalue weighted by atomic mass is 10.2. The minimum Gasteiger partial charge on any atom is -0.492 e. The van der Waals surface area contributed by atoms with Crippen LogP contribution in [0.3, 0.4) is 0 Å². The molecule has 2 amide bonds. The summed E-state index contributed by atoms with van der Waals surface area (Å²) < 4.78 is 7.09. The summed E-state index contributed by atoms with van der Waals surface area (Å²) in [6.45, 7) is 3.83. The van der Waals surface area contributed by atoms with Crippen molar-refractivity contribution < 1.29 is 14.3 Å². The van der Waals surface area contributed by atoms with Gasteiger partial charge in [-0.15, -0.1) is 0 Å². The topological polar surface area (TPSA) is 67.8 Å². The summed E-state index contributed by atoms with van der Waals surface area (Å²) in [5, 5.41) is 2.81. The first-order valence-corrected chi connectivity index (χ1v) is 8.73. The number of carbonyl (C=O) groups is 2. The molecule has 1 aliphatic rings. The Bertz CT molecular complexity index is 678. The number of thioether (sulfide) groups is 1. The fraction of sp³-hybridized carbons (Fsp3) is 0.214. The minimum absolute atomic E-state index is 0.258. The fourth-order valence-electron chi connectivity index (χ4n) is 1.71. The molecule has 1 aromatic rings. The van der Waals surface area contributed by atoms with Crippen molar-refractivity contribution in [3.63, 3.8) is 0 Å². The highest BCUT2D eigenvalue weighted by Gasteiger charge is 2.22. The minimum atomic E-state index is -0.366. The molecule has 1 aromatic carbocycles. The van der Waals surface area contributed by atoms with Gasteiger partial charge < -0.3 is 10.1 Å². The molecule has 1 aliphatic heterocycles. The number of hydrogen-bond acceptors (Lipinski definition) is 4. The third-order valence-electron chi connectivity index (χ3n) is 2.51. The molecular weight excluding hydrogens is 436 g/mol. The number of nitrogens with zero attached hydrogens (tertiary/aromatic N) is 1. The number of aliphatic imine (C=N–C) groups is 1. The lowest BCUT2D eigenvalue weighted by Gasteiger charge is -2.09. The zero-order valence-corrected chi connectivity index (χ0v) is 15.8. The van der Waals surface area contributed by atoms with Crippen LogP contribution in [0.5, 0.6) is 5.75 Å². The molecule has 0 atom stereocenters. The van der Waals surface area contributed by atoms with E-state index in [1.165, 1.54) is 6.92 Å². The Morgan fingerprint density at radius 2 is 2.05 bits per heavy atom. The molecule has 0 bridgehead atoms. The molecule has 0 radical (unpaired) electrons. The van der Waals surface area contributed by atoms with Gasteiger partial charge in [-0.25, -0.2) is 0 Å². The molecule has 0 saturated carbocycles. The van der Waals surface area contributed by atoms with Crippen molar-refractivity contribution >= 4 is 66.7 Å². The molecule has 116 valence electrons. The summed E-state index contributed by atoms with van der Waals surface area (Å²) in [6.07, 6.45) is 1.72. The molecule has 0 aliphatic carbocycles. The van der Waals surface area contributed by atoms with Crippen molar-refractivity contribution in [3.8, 4) is 5.75 Å². The Labute approximate surface area is 148 Å². The number of ether oxygens (including phenoxy) is 1. The summed E-state index contributed by atoms with van der Waals surface area (Å²) in [5.74, 6) is 0.0898. The average Bonchev–Trinajstić information content (AvgIpc) is 2.73. The van der Waals surface area contributed by atoms with Crippen molar-refractivity contribution in [3.05, 3.63) is 31.5 Å². The van der Waals surface area contributed by atoms with E-state index < -0.39 is 0 Å². The molecule has 22 heavy (non-hydrogen) atoms. The monoisotopic (exact) mass is 446 g/mol. The molecule has 0 fully saturated rings. The highest BCUT2D eigenvalue weighted by Crippen LogP contribution is 2.36. The van der Waals surface area contributed by atoms with Crippen molar-refractivity contribution in [2.24, 2.45) is 4.99 Å². The van der Waals surface area contributed by atoms with E-state index in [0.29, 0.717) is 22.4 Å². The van der Waals surface area contributed by atoms with Crippen LogP contribution in [0.1, 0.15) is 19.4 Å². The van der Waals surface area contributed by atoms with Gasteiger partial charge in [0.25, 0.3) is 5.91 Å². The van der Waals surface area contributed by atoms with Gasteiger partial charge in [0.05, 0.1) is 20.5 Å². The lowest BCUT2D eigenvalue weighted by Crippen LogP contribution is -2.23. The average molecular weight is 448 g/mol. The quantitative estimate of drug-likeness (QED) is 0.717. The van der Waals surface area contributed by atoms with Crippen LogP contribution in [0.25, 0.3) is 6.08 Å². The third kappa shape index (κ3) is 4.21. The Balaban J connectivity index is 2.24. The van der Waals surface area contributed by atoms with Gasteiger partial charge >= 0.3 is 0 Å². The number of hydrogen-bond donors (Lipinski definition) is 1. The predicted octanol–water partition coefficient (Wildman–Crippen LogP) is 3.72. The highest BCUT2D eigenvalue weighted by atomic mass is 79.9. The van der Waals surface area contributed by atoms with E-state index >= 15 is 0 Å². The molecule has 1 heterocycles. The van der Waals surface area contributed by atoms with Crippen LogP contribution in [-0.2, 0) is 9.59 Å². The fourth-order valence-corrected chi connectivity index (χ4v) is 4.02. The number of rotatable bonds is 3. The highest BCUT2D eigenvalue weighted by molar-refractivity contribution is 9.11. The normalized spacial score (nSPS) is 15.9. The third-order valence-corrected chi connectivity index (χ3v) is 4.59. The smallest absolute Gasteiger partial charge is 0.286 e. The van der Waals surface area contributed by atoms with Crippen LogP contribution in [0.4, 0.5) is 0 Å². The largest absolute Gasteiger partial charge is 0.492 e. The van der Waals surface area contributed by atoms with Crippen molar-refractivity contribution in [1.82, 2.24) is 5.32 Å². The second-order valence-electron chi connectivity index (χ2n) is 4.26. The van der Waals surface area contributed by atoms with Gasteiger partial charge in [-0.2, -0.15) is 4.99 Å². The van der Waals surface area contributed by atoms with E-state index in [-0.39, 0.29) is 11.8 Å². The zero-order valence-electron chi connectivity index (χ0n) is 11.8. The SMILES string of the molecule is CCOc1c(Br)cc(/C=C2\SC(NC(C)=O)=NC2=O)cc1Br. The number of amidine groups is 1. The second kappa shape index (κ2) is 7.43. The number of benzene rings is 1. The van der Waals surface area contributed by atoms with Crippen molar-refractivity contribution in [1.29, 1.82) is 0 Å². The summed E-state index contributed by atoms with van der Waals surface area (Å²) in [7, 11) is 0. The van der Waals surface area contributed by atoms with Gasteiger partial charge in [-0.3, -0.25) is 9.59 Å². The maximum absolute atomic E-state index is 11.8. The van der Waals surface area contributed by atoms with Gasteiger partial charge in [0.1, 0.15) is 5.75 Å². The van der Waals surface area contributed by atoms with E-state index in [0.717, 1.165) is 26.3 Å². The predicted molar refractivity (Wildman–Crippen MR) is 94.8 cm³/mol. The summed E-state index contributed by atoms with van der Waals surface area (Å²) in [6, 6.07) is 3.71. The second-order valence-corrected chi connectivity index (χ2v) is 7.00. The number of amides is 2. The summed E-state index contributed by atoms with van der Waals surface area (Å²) in [5.41, 5.74) is 0.817. The van der Waals surface area contributed by atoms with Gasteiger partial charge in [0, 0.05) is 6.92 Å². The zero-order chi connectivity index (χ0) is 16.3. The molecule has 0 aromatic heterocycles. The Hall–Kier alpha value is -1.12. The Morgan fingerprint density at radius 1 is 1.41 bits per heavy atom. The van der Waals surface area contributed by atoms with Crippen LogP contribution >= 0.6 is 43.6 Å². The molecule has 1 N–H and O–H groups in total. The van der Waals surface area contributed by atoms with Crippen molar-refractivity contribution in [2.45, 2.75) is 13.8 Å². The maximum Gasteiger partial charge on any atom is 0.286 e. The van der Waals surface area contributed by atoms with Crippen LogP contribution < -0.4 is 10.1 Å². The summed E-state index contributed by atoms with van der Waals surface area (Å²) >= 11 is 8.03. The lowest BCUT2D eigenvalue weighted by molar-refractivity contribution is -0.117. The van der Waals surface area contributed by atoms with Crippen LogP contribution in [0, 0.1) is 0 Å². The van der Waals surface area contributed by atoms with E-state index in [1.54, 1.807) is 6.08 Å². The standard InChI is InChI=1S/C14H12Br2N2O3S/c1-3-21-12-9(15)4-8(5-10(12)16)6-11-13(20)18-14(22-11)17-7(2)19/h4-6H,3H2,1-2H3,(H,17,18,19,20)/b11-6-. The first-order valence-electron chi connectivity index (χ1n) is 6.32. The Kier molecular flexibility index (Phi) is 5.82. The molecule has 5 nitrogen and oxygen atoms in total. The molecule has 0 saturated heterocycles. The van der Waals surface area contributed by atoms with Gasteiger partial charge in [0.15, 0.2) is 5.17 Å².